The number of aliphatic hydroxyl groups excluding tert-OH is 7. The van der Waals surface area contributed by atoms with Crippen molar-refractivity contribution in [2.75, 3.05) is 0 Å². The van der Waals surface area contributed by atoms with Gasteiger partial charge in [-0.1, -0.05) is 0 Å². The van der Waals surface area contributed by atoms with Crippen LogP contribution in [0.2, 0.25) is 0 Å². The number of aliphatic carboxylic acids is 8. The topological polar surface area (TPSA) is 440 Å². The maximum absolute atomic E-state index is 9.95. The summed E-state index contributed by atoms with van der Waals surface area (Å²) in [4.78, 5) is 78.5. The standard InChI is InChI=1S/C5H8O7.2C4H6O6.C4H6O4/c6-1(2(7)4(9)10)3(8)5(11)12;2*5-1(3(7)8)2(6)4(9)10;1-2(3(5)6)4(7)8/h1-3,6-8H,(H,9,10)(H,11,12);2*1-2,5-6H,(H,7,8)(H,9,10);2H,1H3,(H,5,6)(H,7,8). The molecule has 0 saturated carbocycles. The Bertz CT molecular complexity index is 790. The Kier molecular flexibility index (Phi) is 21.8. The summed E-state index contributed by atoms with van der Waals surface area (Å²) in [5.41, 5.74) is 0. The summed E-state index contributed by atoms with van der Waals surface area (Å²) < 4.78 is 0. The minimum atomic E-state index is -2.31. The van der Waals surface area contributed by atoms with Crippen LogP contribution in [0.15, 0.2) is 0 Å². The van der Waals surface area contributed by atoms with Crippen molar-refractivity contribution in [1.82, 2.24) is 0 Å². The number of carbonyl (C=O) groups is 8. The van der Waals surface area contributed by atoms with Crippen LogP contribution in [0.1, 0.15) is 6.92 Å². The van der Waals surface area contributed by atoms with Crippen LogP contribution in [0.25, 0.3) is 0 Å². The van der Waals surface area contributed by atoms with Crippen LogP contribution in [0, 0.1) is 5.92 Å². The first-order valence-corrected chi connectivity index (χ1v) is 9.45. The van der Waals surface area contributed by atoms with Crippen molar-refractivity contribution >= 4 is 47.8 Å². The van der Waals surface area contributed by atoms with Crippen LogP contribution >= 0.6 is 0 Å². The number of hydrogen-bond donors (Lipinski definition) is 15. The SMILES string of the molecule is CC(C(=O)O)C(=O)O.O=C(O)C(O)C(O)C(=O)O.O=C(O)C(O)C(O)C(=O)O.O=C(O)C(O)C(O)C(O)C(=O)O. The van der Waals surface area contributed by atoms with Crippen LogP contribution < -0.4 is 0 Å². The van der Waals surface area contributed by atoms with Crippen molar-refractivity contribution in [3.8, 4) is 0 Å². The van der Waals surface area contributed by atoms with Crippen LogP contribution in [0.5, 0.6) is 0 Å². The molecule has 0 aliphatic carbocycles. The molecule has 15 N–H and O–H groups in total. The highest BCUT2D eigenvalue weighted by molar-refractivity contribution is 5.92. The molecular formula is C17H26O23. The van der Waals surface area contributed by atoms with Gasteiger partial charge in [0.2, 0.25) is 0 Å². The minimum Gasteiger partial charge on any atom is -0.481 e. The molecule has 0 amide bonds. The number of aliphatic hydroxyl groups is 7. The third-order valence-corrected chi connectivity index (χ3v) is 3.50. The van der Waals surface area contributed by atoms with Gasteiger partial charge in [0.15, 0.2) is 42.5 Å². The van der Waals surface area contributed by atoms with Crippen molar-refractivity contribution in [3.63, 3.8) is 0 Å². The monoisotopic (exact) mass is 598 g/mol. The Morgan fingerprint density at radius 2 is 0.475 bits per heavy atom. The molecule has 0 spiro atoms. The first-order chi connectivity index (χ1) is 17.9. The molecule has 0 fully saturated rings. The minimum absolute atomic E-state index is 1.12. The second-order valence-corrected chi connectivity index (χ2v) is 6.59. The molecule has 6 unspecified atom stereocenters. The van der Waals surface area contributed by atoms with Gasteiger partial charge in [-0.15, -0.1) is 0 Å². The van der Waals surface area contributed by atoms with Crippen molar-refractivity contribution in [3.05, 3.63) is 0 Å². The van der Waals surface area contributed by atoms with E-state index in [1.807, 2.05) is 0 Å². The first kappa shape index (κ1) is 42.6. The van der Waals surface area contributed by atoms with E-state index in [1.165, 1.54) is 0 Å². The lowest BCUT2D eigenvalue weighted by Gasteiger charge is -2.16. The molecule has 0 aliphatic heterocycles. The summed E-state index contributed by atoms with van der Waals surface area (Å²) in [5, 5.41) is 123. The van der Waals surface area contributed by atoms with E-state index in [-0.39, 0.29) is 0 Å². The second-order valence-electron chi connectivity index (χ2n) is 6.59. The van der Waals surface area contributed by atoms with Gasteiger partial charge in [0.1, 0.15) is 6.10 Å². The third kappa shape index (κ3) is 18.7. The van der Waals surface area contributed by atoms with E-state index in [1.54, 1.807) is 0 Å². The third-order valence-electron chi connectivity index (χ3n) is 3.50. The lowest BCUT2D eigenvalue weighted by Crippen LogP contribution is -2.45. The van der Waals surface area contributed by atoms with Crippen LogP contribution in [0.3, 0.4) is 0 Å². The predicted molar refractivity (Wildman–Crippen MR) is 112 cm³/mol. The largest absolute Gasteiger partial charge is 0.481 e. The van der Waals surface area contributed by atoms with Gasteiger partial charge >= 0.3 is 47.8 Å². The number of hydrogen-bond acceptors (Lipinski definition) is 15. The lowest BCUT2D eigenvalue weighted by molar-refractivity contribution is -0.167. The Morgan fingerprint density at radius 1 is 0.325 bits per heavy atom. The molecule has 6 atom stereocenters. The fraction of sp³-hybridized carbons (Fsp3) is 0.529. The lowest BCUT2D eigenvalue weighted by atomic mass is 10.1. The molecular weight excluding hydrogens is 572 g/mol. The summed E-state index contributed by atoms with van der Waals surface area (Å²) in [6.45, 7) is 1.12. The average molecular weight is 598 g/mol. The van der Waals surface area contributed by atoms with E-state index < -0.39 is 96.4 Å². The summed E-state index contributed by atoms with van der Waals surface area (Å²) in [5.74, 6) is -14.6. The van der Waals surface area contributed by atoms with Crippen molar-refractivity contribution < 1.29 is 115 Å². The van der Waals surface area contributed by atoms with Gasteiger partial charge in [-0.05, 0) is 6.92 Å². The first-order valence-electron chi connectivity index (χ1n) is 9.45. The molecule has 0 aromatic heterocycles. The van der Waals surface area contributed by atoms with Gasteiger partial charge in [0, 0.05) is 0 Å². The fourth-order valence-corrected chi connectivity index (χ4v) is 1.11. The van der Waals surface area contributed by atoms with E-state index in [4.69, 9.17) is 76.6 Å². The molecule has 232 valence electrons. The zero-order valence-corrected chi connectivity index (χ0v) is 19.6. The van der Waals surface area contributed by atoms with Gasteiger partial charge in [-0.25, -0.2) is 28.8 Å². The Hall–Kier alpha value is -4.52. The zero-order valence-electron chi connectivity index (χ0n) is 19.6. The van der Waals surface area contributed by atoms with Gasteiger partial charge < -0.3 is 76.6 Å². The normalized spacial score (nSPS) is 15.1. The highest BCUT2D eigenvalue weighted by atomic mass is 16.5. The summed E-state index contributed by atoms with van der Waals surface area (Å²) in [7, 11) is 0. The summed E-state index contributed by atoms with van der Waals surface area (Å²) >= 11 is 0. The van der Waals surface area contributed by atoms with E-state index in [0.717, 1.165) is 6.92 Å². The summed E-state index contributed by atoms with van der Waals surface area (Å²) in [6, 6.07) is 0. The molecule has 0 bridgehead atoms. The zero-order chi connectivity index (χ0) is 33.2. The molecule has 0 rings (SSSR count). The van der Waals surface area contributed by atoms with Gasteiger partial charge in [0.25, 0.3) is 0 Å². The number of carboxylic acids is 8. The second kappa shape index (κ2) is 20.4. The van der Waals surface area contributed by atoms with Crippen molar-refractivity contribution in [1.29, 1.82) is 0 Å². The molecule has 0 heterocycles. The van der Waals surface area contributed by atoms with E-state index >= 15 is 0 Å². The van der Waals surface area contributed by atoms with Crippen LogP contribution in [-0.2, 0) is 38.4 Å². The average Bonchev–Trinajstić information content (AvgIpc) is 2.85. The van der Waals surface area contributed by atoms with Crippen molar-refractivity contribution in [2.24, 2.45) is 5.92 Å². The Labute approximate surface area is 219 Å². The Morgan fingerprint density at radius 3 is 0.550 bits per heavy atom. The molecule has 0 radical (unpaired) electrons. The van der Waals surface area contributed by atoms with Crippen LogP contribution in [-0.4, -0.2) is 167 Å². The maximum Gasteiger partial charge on any atom is 0.335 e. The molecule has 0 aromatic rings. The van der Waals surface area contributed by atoms with E-state index in [2.05, 4.69) is 0 Å². The summed E-state index contributed by atoms with van der Waals surface area (Å²) in [6.07, 6.45) is -15.9. The van der Waals surface area contributed by atoms with Gasteiger partial charge in [-0.2, -0.15) is 0 Å². The maximum atomic E-state index is 9.95. The van der Waals surface area contributed by atoms with Crippen molar-refractivity contribution in [2.45, 2.75) is 49.7 Å². The number of carboxylic acid groups (broad SMARTS) is 8. The molecule has 23 heteroatoms. The van der Waals surface area contributed by atoms with E-state index in [9.17, 15) is 38.4 Å². The molecule has 23 nitrogen and oxygen atoms in total. The van der Waals surface area contributed by atoms with Crippen LogP contribution in [0.4, 0.5) is 0 Å². The Balaban J connectivity index is -0.000000218. The van der Waals surface area contributed by atoms with Gasteiger partial charge in [0.05, 0.1) is 0 Å². The quantitative estimate of drug-likeness (QED) is 0.0927. The fourth-order valence-electron chi connectivity index (χ4n) is 1.11. The highest BCUT2D eigenvalue weighted by Crippen LogP contribution is 2.00. The molecule has 40 heavy (non-hydrogen) atoms. The predicted octanol–water partition coefficient (Wildman–Crippen LogP) is -7.22. The molecule has 0 aliphatic rings. The molecule has 0 aromatic carbocycles. The number of rotatable bonds is 12. The molecule has 0 saturated heterocycles. The highest BCUT2D eigenvalue weighted by Gasteiger charge is 2.34. The van der Waals surface area contributed by atoms with Gasteiger partial charge in [-0.3, -0.25) is 9.59 Å². The smallest absolute Gasteiger partial charge is 0.335 e. The van der Waals surface area contributed by atoms with E-state index in [0.29, 0.717) is 0 Å².